The van der Waals surface area contributed by atoms with Crippen molar-refractivity contribution >= 4 is 11.8 Å². The Bertz CT molecular complexity index is 722. The van der Waals surface area contributed by atoms with E-state index >= 15 is 0 Å². The van der Waals surface area contributed by atoms with Crippen LogP contribution in [0.15, 0.2) is 42.6 Å². The number of H-pyrrole nitrogens is 1. The van der Waals surface area contributed by atoms with Crippen molar-refractivity contribution < 1.29 is 9.59 Å². The maximum Gasteiger partial charge on any atom is 0.225 e. The second-order valence-electron chi connectivity index (χ2n) is 6.74. The molecule has 5 nitrogen and oxygen atoms in total. The molecule has 2 atom stereocenters. The Labute approximate surface area is 148 Å². The van der Waals surface area contributed by atoms with E-state index in [1.54, 1.807) is 0 Å². The number of nitrogens with zero attached hydrogens (tertiary/aromatic N) is 1. The van der Waals surface area contributed by atoms with Crippen LogP contribution in [0, 0.1) is 6.92 Å². The van der Waals surface area contributed by atoms with Gasteiger partial charge in [-0.05, 0) is 37.5 Å². The first-order valence-corrected chi connectivity index (χ1v) is 8.81. The van der Waals surface area contributed by atoms with Gasteiger partial charge in [-0.1, -0.05) is 29.8 Å². The lowest BCUT2D eigenvalue weighted by Gasteiger charge is -2.27. The quantitative estimate of drug-likeness (QED) is 0.878. The summed E-state index contributed by atoms with van der Waals surface area (Å²) in [4.78, 5) is 29.7. The van der Waals surface area contributed by atoms with E-state index in [9.17, 15) is 9.59 Å². The van der Waals surface area contributed by atoms with Crippen LogP contribution in [0.1, 0.15) is 55.1 Å². The van der Waals surface area contributed by atoms with Gasteiger partial charge >= 0.3 is 0 Å². The molecule has 2 N–H and O–H groups in total. The van der Waals surface area contributed by atoms with E-state index in [0.717, 1.165) is 36.2 Å². The van der Waals surface area contributed by atoms with E-state index in [4.69, 9.17) is 0 Å². The SMILES string of the molecule is CC(=O)NC(CC(=O)N1CCCC1c1ccc[nH]1)c1ccc(C)cc1. The third-order valence-corrected chi connectivity index (χ3v) is 4.79. The van der Waals surface area contributed by atoms with Crippen LogP contribution < -0.4 is 5.32 Å². The van der Waals surface area contributed by atoms with Crippen molar-refractivity contribution in [3.63, 3.8) is 0 Å². The number of carbonyl (C=O) groups is 2. The summed E-state index contributed by atoms with van der Waals surface area (Å²) in [6, 6.07) is 11.8. The number of aromatic amines is 1. The maximum absolute atomic E-state index is 12.9. The summed E-state index contributed by atoms with van der Waals surface area (Å²) in [6.07, 6.45) is 4.15. The number of carbonyl (C=O) groups excluding carboxylic acids is 2. The number of nitrogens with one attached hydrogen (secondary N) is 2. The van der Waals surface area contributed by atoms with Gasteiger partial charge in [-0.2, -0.15) is 0 Å². The van der Waals surface area contributed by atoms with E-state index in [0.29, 0.717) is 0 Å². The highest BCUT2D eigenvalue weighted by molar-refractivity contribution is 5.79. The molecule has 5 heteroatoms. The predicted molar refractivity (Wildman–Crippen MR) is 96.8 cm³/mol. The molecule has 0 radical (unpaired) electrons. The van der Waals surface area contributed by atoms with Crippen LogP contribution in [0.2, 0.25) is 0 Å². The minimum atomic E-state index is -0.296. The summed E-state index contributed by atoms with van der Waals surface area (Å²) in [5.41, 5.74) is 3.20. The fraction of sp³-hybridized carbons (Fsp3) is 0.400. The van der Waals surface area contributed by atoms with Crippen molar-refractivity contribution in [2.24, 2.45) is 0 Å². The fourth-order valence-corrected chi connectivity index (χ4v) is 3.53. The summed E-state index contributed by atoms with van der Waals surface area (Å²) in [5, 5.41) is 2.93. The van der Waals surface area contributed by atoms with Crippen LogP contribution in [0.3, 0.4) is 0 Å². The number of hydrogen-bond donors (Lipinski definition) is 2. The fourth-order valence-electron chi connectivity index (χ4n) is 3.53. The zero-order valence-corrected chi connectivity index (χ0v) is 14.8. The van der Waals surface area contributed by atoms with Crippen LogP contribution in [0.5, 0.6) is 0 Å². The van der Waals surface area contributed by atoms with E-state index in [-0.39, 0.29) is 30.3 Å². The van der Waals surface area contributed by atoms with Crippen LogP contribution in [-0.4, -0.2) is 28.2 Å². The highest BCUT2D eigenvalue weighted by atomic mass is 16.2. The molecular formula is C20H25N3O2. The van der Waals surface area contributed by atoms with Crippen LogP contribution in [-0.2, 0) is 9.59 Å². The number of aryl methyl sites for hydroxylation is 1. The number of rotatable bonds is 5. The van der Waals surface area contributed by atoms with Gasteiger partial charge in [-0.3, -0.25) is 9.59 Å². The predicted octanol–water partition coefficient (Wildman–Crippen LogP) is 3.25. The average Bonchev–Trinajstić information content (AvgIpc) is 3.25. The minimum Gasteiger partial charge on any atom is -0.363 e. The van der Waals surface area contributed by atoms with Gasteiger partial charge in [0.15, 0.2) is 0 Å². The molecule has 1 aliphatic rings. The number of hydrogen-bond acceptors (Lipinski definition) is 2. The highest BCUT2D eigenvalue weighted by Crippen LogP contribution is 2.32. The normalized spacial score (nSPS) is 18.2. The molecule has 1 saturated heterocycles. The maximum atomic E-state index is 12.9. The lowest BCUT2D eigenvalue weighted by atomic mass is 10.0. The van der Waals surface area contributed by atoms with Gasteiger partial charge in [0.25, 0.3) is 0 Å². The summed E-state index contributed by atoms with van der Waals surface area (Å²) in [6.45, 7) is 4.28. The molecule has 1 fully saturated rings. The molecule has 1 aliphatic heterocycles. The smallest absolute Gasteiger partial charge is 0.225 e. The summed E-state index contributed by atoms with van der Waals surface area (Å²) in [7, 11) is 0. The van der Waals surface area contributed by atoms with Crippen molar-refractivity contribution in [3.8, 4) is 0 Å². The van der Waals surface area contributed by atoms with Gasteiger partial charge < -0.3 is 15.2 Å². The number of likely N-dealkylation sites (tertiary alicyclic amines) is 1. The molecule has 3 rings (SSSR count). The Morgan fingerprint density at radius 3 is 2.68 bits per heavy atom. The van der Waals surface area contributed by atoms with E-state index in [1.165, 1.54) is 6.92 Å². The Hall–Kier alpha value is -2.56. The lowest BCUT2D eigenvalue weighted by Crippen LogP contribution is -2.35. The highest BCUT2D eigenvalue weighted by Gasteiger charge is 2.32. The van der Waals surface area contributed by atoms with Gasteiger partial charge in [-0.25, -0.2) is 0 Å². The minimum absolute atomic E-state index is 0.0800. The van der Waals surface area contributed by atoms with Crippen molar-refractivity contribution in [2.75, 3.05) is 6.54 Å². The molecule has 1 aromatic heterocycles. The van der Waals surface area contributed by atoms with Crippen molar-refractivity contribution in [1.82, 2.24) is 15.2 Å². The average molecular weight is 339 g/mol. The van der Waals surface area contributed by atoms with E-state index < -0.39 is 0 Å². The van der Waals surface area contributed by atoms with E-state index in [1.807, 2.05) is 54.4 Å². The second-order valence-corrected chi connectivity index (χ2v) is 6.74. The van der Waals surface area contributed by atoms with Gasteiger partial charge in [-0.15, -0.1) is 0 Å². The Balaban J connectivity index is 1.75. The molecule has 2 aromatic rings. The summed E-state index contributed by atoms with van der Waals surface area (Å²) < 4.78 is 0. The summed E-state index contributed by atoms with van der Waals surface area (Å²) >= 11 is 0. The summed E-state index contributed by atoms with van der Waals surface area (Å²) in [5.74, 6) is -0.0443. The van der Waals surface area contributed by atoms with Crippen LogP contribution >= 0.6 is 0 Å². The molecule has 2 heterocycles. The standard InChI is InChI=1S/C20H25N3O2/c1-14-7-9-16(10-8-14)18(22-15(2)24)13-20(25)23-12-4-6-19(23)17-5-3-11-21-17/h3,5,7-11,18-19,21H,4,6,12-13H2,1-2H3,(H,22,24). The molecule has 1 aromatic carbocycles. The van der Waals surface area contributed by atoms with Crippen LogP contribution in [0.25, 0.3) is 0 Å². The lowest BCUT2D eigenvalue weighted by molar-refractivity contribution is -0.133. The number of amides is 2. The molecule has 0 saturated carbocycles. The van der Waals surface area contributed by atoms with Crippen molar-refractivity contribution in [2.45, 2.75) is 45.2 Å². The molecule has 25 heavy (non-hydrogen) atoms. The Kier molecular flexibility index (Phi) is 5.22. The van der Waals surface area contributed by atoms with Crippen LogP contribution in [0.4, 0.5) is 0 Å². The Morgan fingerprint density at radius 2 is 2.04 bits per heavy atom. The molecule has 0 aliphatic carbocycles. The zero-order chi connectivity index (χ0) is 17.8. The molecule has 2 unspecified atom stereocenters. The van der Waals surface area contributed by atoms with Gasteiger partial charge in [0.2, 0.25) is 11.8 Å². The molecule has 2 amide bonds. The molecule has 0 bridgehead atoms. The third kappa shape index (κ3) is 4.10. The molecule has 132 valence electrons. The van der Waals surface area contributed by atoms with Crippen molar-refractivity contribution in [1.29, 1.82) is 0 Å². The van der Waals surface area contributed by atoms with Gasteiger partial charge in [0.1, 0.15) is 0 Å². The zero-order valence-electron chi connectivity index (χ0n) is 14.8. The first-order valence-electron chi connectivity index (χ1n) is 8.81. The number of aromatic nitrogens is 1. The Morgan fingerprint density at radius 1 is 1.28 bits per heavy atom. The van der Waals surface area contributed by atoms with E-state index in [2.05, 4.69) is 10.3 Å². The van der Waals surface area contributed by atoms with Gasteiger partial charge in [0, 0.05) is 25.4 Å². The second kappa shape index (κ2) is 7.55. The molecular weight excluding hydrogens is 314 g/mol. The number of benzene rings is 1. The van der Waals surface area contributed by atoms with Gasteiger partial charge in [0.05, 0.1) is 18.5 Å². The topological polar surface area (TPSA) is 65.2 Å². The first kappa shape index (κ1) is 17.3. The molecule has 0 spiro atoms. The largest absolute Gasteiger partial charge is 0.363 e. The van der Waals surface area contributed by atoms with Crippen molar-refractivity contribution in [3.05, 3.63) is 59.4 Å². The first-order chi connectivity index (χ1) is 12.0. The monoisotopic (exact) mass is 339 g/mol. The third-order valence-electron chi connectivity index (χ3n) is 4.79.